The summed E-state index contributed by atoms with van der Waals surface area (Å²) in [5.41, 5.74) is 6.61. The topological polar surface area (TPSA) is 78.0 Å². The third-order valence-corrected chi connectivity index (χ3v) is 5.19. The van der Waals surface area contributed by atoms with Crippen molar-refractivity contribution in [1.82, 2.24) is 9.99 Å². The molecule has 0 radical (unpaired) electrons. The number of ether oxygens (including phenoxy) is 2. The highest BCUT2D eigenvalue weighted by atomic mass is 16.5. The average Bonchev–Trinajstić information content (AvgIpc) is 3.48. The maximum Gasteiger partial charge on any atom is 0.307 e. The molecule has 1 N–H and O–H groups in total. The number of hydrogen-bond acceptors (Lipinski definition) is 5. The number of rotatable bonds is 9. The van der Waals surface area contributed by atoms with Gasteiger partial charge < -0.3 is 18.5 Å². The Labute approximate surface area is 204 Å². The van der Waals surface area contributed by atoms with Crippen LogP contribution in [0.5, 0.6) is 11.5 Å². The van der Waals surface area contributed by atoms with E-state index in [9.17, 15) is 4.79 Å². The summed E-state index contributed by atoms with van der Waals surface area (Å²) in [6, 6.07) is 22.5. The molecule has 0 fully saturated rings. The van der Waals surface area contributed by atoms with Gasteiger partial charge in [-0.25, -0.2) is 5.43 Å². The number of nitrogens with zero attached hydrogens (tertiary/aromatic N) is 2. The van der Waals surface area contributed by atoms with Gasteiger partial charge in [-0.1, -0.05) is 18.1 Å². The van der Waals surface area contributed by atoms with Crippen LogP contribution in [0.15, 0.2) is 82.3 Å². The number of terminal acetylenes is 1. The van der Waals surface area contributed by atoms with Gasteiger partial charge in [0.15, 0.2) is 5.76 Å². The van der Waals surface area contributed by atoms with E-state index >= 15 is 0 Å². The molecule has 0 unspecified atom stereocenters. The van der Waals surface area contributed by atoms with Crippen LogP contribution >= 0.6 is 0 Å². The number of carbonyl (C=O) groups is 1. The van der Waals surface area contributed by atoms with Crippen molar-refractivity contribution in [1.29, 1.82) is 0 Å². The van der Waals surface area contributed by atoms with Gasteiger partial charge in [0.05, 0.1) is 6.21 Å². The number of benzene rings is 2. The van der Waals surface area contributed by atoms with Crippen molar-refractivity contribution in [3.63, 3.8) is 0 Å². The molecule has 0 aliphatic heterocycles. The Hall–Kier alpha value is -4.70. The number of aromatic nitrogens is 1. The van der Waals surface area contributed by atoms with Crippen LogP contribution < -0.4 is 14.9 Å². The van der Waals surface area contributed by atoms with Crippen LogP contribution in [-0.2, 0) is 6.61 Å². The van der Waals surface area contributed by atoms with Crippen molar-refractivity contribution in [2.75, 3.05) is 6.61 Å². The monoisotopic (exact) mass is 467 g/mol. The SMILES string of the molecule is C#CCOc1cccc(/C=N/NC(=O)c2ccc(COc3ccc(-n4c(C)ccc4C)cc3)o2)c1. The first-order chi connectivity index (χ1) is 17.0. The van der Waals surface area contributed by atoms with Crippen LogP contribution in [0.4, 0.5) is 0 Å². The number of hydrogen-bond donors (Lipinski definition) is 1. The highest BCUT2D eigenvalue weighted by Gasteiger charge is 2.11. The van der Waals surface area contributed by atoms with Crippen molar-refractivity contribution < 1.29 is 18.7 Å². The molecular weight excluding hydrogens is 442 g/mol. The minimum Gasteiger partial charge on any atom is -0.486 e. The van der Waals surface area contributed by atoms with Crippen molar-refractivity contribution in [3.05, 3.63) is 101 Å². The molecule has 0 atom stereocenters. The Morgan fingerprint density at radius 1 is 1.03 bits per heavy atom. The lowest BCUT2D eigenvalue weighted by atomic mass is 10.2. The van der Waals surface area contributed by atoms with E-state index in [1.165, 1.54) is 17.6 Å². The molecule has 2 heterocycles. The normalized spacial score (nSPS) is 10.8. The first-order valence-electron chi connectivity index (χ1n) is 11.0. The van der Waals surface area contributed by atoms with Gasteiger partial charge in [0.1, 0.15) is 30.5 Å². The summed E-state index contributed by atoms with van der Waals surface area (Å²) >= 11 is 0. The molecule has 0 saturated heterocycles. The second kappa shape index (κ2) is 10.9. The average molecular weight is 468 g/mol. The lowest BCUT2D eigenvalue weighted by Crippen LogP contribution is -2.16. The van der Waals surface area contributed by atoms with Crippen molar-refractivity contribution in [2.24, 2.45) is 5.10 Å². The summed E-state index contributed by atoms with van der Waals surface area (Å²) in [6.07, 6.45) is 6.71. The van der Waals surface area contributed by atoms with E-state index in [0.29, 0.717) is 17.3 Å². The van der Waals surface area contributed by atoms with Gasteiger partial charge in [0.25, 0.3) is 0 Å². The Kier molecular flexibility index (Phi) is 7.34. The summed E-state index contributed by atoms with van der Waals surface area (Å²) < 4.78 is 18.9. The Morgan fingerprint density at radius 2 is 1.80 bits per heavy atom. The first-order valence-corrected chi connectivity index (χ1v) is 11.0. The molecule has 0 bridgehead atoms. The molecule has 7 heteroatoms. The molecule has 4 aromatic rings. The van der Waals surface area contributed by atoms with E-state index < -0.39 is 5.91 Å². The number of hydrazone groups is 1. The molecule has 2 aromatic heterocycles. The smallest absolute Gasteiger partial charge is 0.307 e. The van der Waals surface area contributed by atoms with Gasteiger partial charge in [-0.3, -0.25) is 4.79 Å². The molecule has 35 heavy (non-hydrogen) atoms. The second-order valence-electron chi connectivity index (χ2n) is 7.76. The van der Waals surface area contributed by atoms with E-state index in [1.807, 2.05) is 36.4 Å². The van der Waals surface area contributed by atoms with Crippen molar-refractivity contribution >= 4 is 12.1 Å². The lowest BCUT2D eigenvalue weighted by molar-refractivity contribution is 0.0923. The molecule has 0 aliphatic rings. The minimum absolute atomic E-state index is 0.140. The Bertz CT molecular complexity index is 1350. The number of furan rings is 1. The lowest BCUT2D eigenvalue weighted by Gasteiger charge is -2.10. The Balaban J connectivity index is 1.29. The summed E-state index contributed by atoms with van der Waals surface area (Å²) in [7, 11) is 0. The zero-order valence-electron chi connectivity index (χ0n) is 19.5. The second-order valence-corrected chi connectivity index (χ2v) is 7.76. The summed E-state index contributed by atoms with van der Waals surface area (Å²) in [4.78, 5) is 12.3. The van der Waals surface area contributed by atoms with Crippen LogP contribution in [0.1, 0.15) is 33.3 Å². The highest BCUT2D eigenvalue weighted by Crippen LogP contribution is 2.21. The quantitative estimate of drug-likeness (QED) is 0.212. The molecule has 7 nitrogen and oxygen atoms in total. The van der Waals surface area contributed by atoms with Crippen molar-refractivity contribution in [3.8, 4) is 29.5 Å². The first kappa shape index (κ1) is 23.5. The van der Waals surface area contributed by atoms with Gasteiger partial charge >= 0.3 is 5.91 Å². The van der Waals surface area contributed by atoms with Crippen LogP contribution in [0, 0.1) is 26.2 Å². The fourth-order valence-electron chi connectivity index (χ4n) is 3.53. The van der Waals surface area contributed by atoms with Crippen LogP contribution in [0.25, 0.3) is 5.69 Å². The summed E-state index contributed by atoms with van der Waals surface area (Å²) in [5.74, 6) is 3.94. The predicted octanol–water partition coefficient (Wildman–Crippen LogP) is 5.04. The van der Waals surface area contributed by atoms with E-state index in [4.69, 9.17) is 20.3 Å². The van der Waals surface area contributed by atoms with E-state index in [1.54, 1.807) is 24.3 Å². The zero-order chi connectivity index (χ0) is 24.6. The number of aryl methyl sites for hydroxylation is 2. The standard InChI is InChI=1S/C28H25N3O4/c1-4-16-33-25-7-5-6-22(17-25)18-29-30-28(32)27-15-14-26(35-27)19-34-24-12-10-23(11-13-24)31-20(2)8-9-21(31)3/h1,5-15,17-18H,16,19H2,2-3H3,(H,30,32)/b29-18+. The summed E-state index contributed by atoms with van der Waals surface area (Å²) in [5, 5.41) is 3.97. The number of nitrogens with one attached hydrogen (secondary N) is 1. The fourth-order valence-corrected chi connectivity index (χ4v) is 3.53. The number of amides is 1. The van der Waals surface area contributed by atoms with Gasteiger partial charge in [-0.05, 0) is 80.1 Å². The number of carbonyl (C=O) groups excluding carboxylic acids is 1. The van der Waals surface area contributed by atoms with E-state index in [-0.39, 0.29) is 19.0 Å². The van der Waals surface area contributed by atoms with Crippen molar-refractivity contribution in [2.45, 2.75) is 20.5 Å². The minimum atomic E-state index is -0.464. The molecule has 0 aliphatic carbocycles. The van der Waals surface area contributed by atoms with Gasteiger partial charge in [0, 0.05) is 17.1 Å². The van der Waals surface area contributed by atoms with E-state index in [0.717, 1.165) is 11.3 Å². The maximum absolute atomic E-state index is 12.3. The molecule has 0 spiro atoms. The fraction of sp³-hybridized carbons (Fsp3) is 0.143. The predicted molar refractivity (Wildman–Crippen MR) is 134 cm³/mol. The third-order valence-electron chi connectivity index (χ3n) is 5.19. The van der Waals surface area contributed by atoms with Gasteiger partial charge in [-0.2, -0.15) is 5.10 Å². The molecular formula is C28H25N3O4. The van der Waals surface area contributed by atoms with Crippen LogP contribution in [-0.4, -0.2) is 23.3 Å². The third kappa shape index (κ3) is 6.01. The highest BCUT2D eigenvalue weighted by molar-refractivity contribution is 5.92. The van der Waals surface area contributed by atoms with Crippen LogP contribution in [0.2, 0.25) is 0 Å². The summed E-state index contributed by atoms with van der Waals surface area (Å²) in [6.45, 7) is 4.52. The molecule has 1 amide bonds. The zero-order valence-corrected chi connectivity index (χ0v) is 19.5. The maximum atomic E-state index is 12.3. The van der Waals surface area contributed by atoms with Gasteiger partial charge in [0.2, 0.25) is 0 Å². The molecule has 176 valence electrons. The Morgan fingerprint density at radius 3 is 2.54 bits per heavy atom. The molecule has 2 aromatic carbocycles. The molecule has 0 saturated carbocycles. The largest absolute Gasteiger partial charge is 0.486 e. The van der Waals surface area contributed by atoms with Crippen LogP contribution in [0.3, 0.4) is 0 Å². The van der Waals surface area contributed by atoms with Gasteiger partial charge in [-0.15, -0.1) is 6.42 Å². The van der Waals surface area contributed by atoms with E-state index in [2.05, 4.69) is 47.0 Å². The molecule has 4 rings (SSSR count).